The summed E-state index contributed by atoms with van der Waals surface area (Å²) in [7, 11) is 5.62. The van der Waals surface area contributed by atoms with Crippen LogP contribution in [-0.2, 0) is 17.9 Å². The molecule has 2 aromatic carbocycles. The number of nitrogens with zero attached hydrogens (tertiary/aromatic N) is 6. The molecule has 0 saturated heterocycles. The Hall–Kier alpha value is -3.72. The number of hydrogen-bond donors (Lipinski definition) is 0. The van der Waals surface area contributed by atoms with Gasteiger partial charge in [0.25, 0.3) is 5.89 Å². The fourth-order valence-electron chi connectivity index (χ4n) is 3.56. The average Bonchev–Trinajstić information content (AvgIpc) is 3.46. The first-order valence-electron chi connectivity index (χ1n) is 9.92. The molecule has 1 aliphatic heterocycles. The maximum Gasteiger partial charge on any atom is 0.258 e. The van der Waals surface area contributed by atoms with Crippen LogP contribution in [0.2, 0.25) is 0 Å². The van der Waals surface area contributed by atoms with E-state index >= 15 is 0 Å². The van der Waals surface area contributed by atoms with Gasteiger partial charge in [-0.25, -0.2) is 4.68 Å². The van der Waals surface area contributed by atoms with E-state index in [0.29, 0.717) is 30.6 Å². The molecule has 0 aliphatic carbocycles. The molecule has 1 unspecified atom stereocenters. The Morgan fingerprint density at radius 2 is 1.97 bits per heavy atom. The van der Waals surface area contributed by atoms with Gasteiger partial charge in [0.15, 0.2) is 5.69 Å². The lowest BCUT2D eigenvalue weighted by molar-refractivity contribution is -0.00114. The number of ether oxygens (including phenoxy) is 2. The van der Waals surface area contributed by atoms with Crippen LogP contribution in [0.25, 0.3) is 23.0 Å². The fourth-order valence-corrected chi connectivity index (χ4v) is 3.56. The molecule has 9 nitrogen and oxygen atoms in total. The molecule has 9 heteroatoms. The summed E-state index contributed by atoms with van der Waals surface area (Å²) in [5, 5.41) is 12.7. The lowest BCUT2D eigenvalue weighted by atomic mass is 10.1. The molecule has 1 aliphatic rings. The van der Waals surface area contributed by atoms with Gasteiger partial charge in [-0.05, 0) is 35.9 Å². The topological polar surface area (TPSA) is 91.3 Å². The molecule has 0 amide bonds. The van der Waals surface area contributed by atoms with Gasteiger partial charge in [0, 0.05) is 25.3 Å². The molecule has 158 valence electrons. The zero-order chi connectivity index (χ0) is 21.4. The van der Waals surface area contributed by atoms with Crippen LogP contribution >= 0.6 is 0 Å². The molecule has 0 radical (unpaired) electrons. The zero-order valence-corrected chi connectivity index (χ0v) is 17.5. The van der Waals surface area contributed by atoms with E-state index < -0.39 is 0 Å². The number of anilines is 1. The van der Waals surface area contributed by atoms with E-state index in [2.05, 4.69) is 20.5 Å². The summed E-state index contributed by atoms with van der Waals surface area (Å²) in [4.78, 5) is 6.57. The normalized spacial score (nSPS) is 15.5. The van der Waals surface area contributed by atoms with Gasteiger partial charge in [-0.1, -0.05) is 28.6 Å². The third-order valence-electron chi connectivity index (χ3n) is 5.33. The molecular formula is C22H22N6O3. The Balaban J connectivity index is 1.38. The minimum atomic E-state index is -0.109. The standard InChI is InChI=1S/C22H22N6O3/c1-27(2)16-6-4-5-15(11-16)22-23-21(25-31-22)20-18-13-30-19(12-28(18)26-24-20)14-7-9-17(29-3)10-8-14/h4-11,19H,12-13H2,1-3H3. The summed E-state index contributed by atoms with van der Waals surface area (Å²) in [6.07, 6.45) is -0.109. The molecule has 1 atom stereocenters. The van der Waals surface area contributed by atoms with Crippen molar-refractivity contribution in [2.24, 2.45) is 0 Å². The van der Waals surface area contributed by atoms with Crippen molar-refractivity contribution in [3.8, 4) is 28.7 Å². The van der Waals surface area contributed by atoms with Gasteiger partial charge in [-0.3, -0.25) is 0 Å². The van der Waals surface area contributed by atoms with Gasteiger partial charge in [-0.15, -0.1) is 5.10 Å². The predicted octanol–water partition coefficient (Wildman–Crippen LogP) is 3.34. The third kappa shape index (κ3) is 3.64. The van der Waals surface area contributed by atoms with Gasteiger partial charge < -0.3 is 18.9 Å². The van der Waals surface area contributed by atoms with E-state index in [1.54, 1.807) is 7.11 Å². The third-order valence-corrected chi connectivity index (χ3v) is 5.33. The summed E-state index contributed by atoms with van der Waals surface area (Å²) in [6, 6.07) is 15.8. The molecule has 3 heterocycles. The molecule has 0 bridgehead atoms. The van der Waals surface area contributed by atoms with E-state index in [9.17, 15) is 0 Å². The maximum absolute atomic E-state index is 6.08. The van der Waals surface area contributed by atoms with E-state index in [-0.39, 0.29) is 6.10 Å². The van der Waals surface area contributed by atoms with Crippen molar-refractivity contribution in [3.05, 3.63) is 59.8 Å². The summed E-state index contributed by atoms with van der Waals surface area (Å²) in [5.41, 5.74) is 4.37. The summed E-state index contributed by atoms with van der Waals surface area (Å²) in [6.45, 7) is 0.920. The summed E-state index contributed by atoms with van der Waals surface area (Å²) >= 11 is 0. The quantitative estimate of drug-likeness (QED) is 0.487. The van der Waals surface area contributed by atoms with Crippen molar-refractivity contribution in [1.29, 1.82) is 0 Å². The highest BCUT2D eigenvalue weighted by molar-refractivity contribution is 5.63. The number of aromatic nitrogens is 5. The number of rotatable bonds is 5. The molecule has 0 spiro atoms. The molecule has 0 saturated carbocycles. The van der Waals surface area contributed by atoms with Gasteiger partial charge in [0.05, 0.1) is 26.0 Å². The first kappa shape index (κ1) is 19.3. The highest BCUT2D eigenvalue weighted by atomic mass is 16.5. The van der Waals surface area contributed by atoms with E-state index in [1.807, 2.05) is 72.2 Å². The highest BCUT2D eigenvalue weighted by Crippen LogP contribution is 2.31. The number of fused-ring (bicyclic) bond motifs is 1. The first-order chi connectivity index (χ1) is 15.1. The Labute approximate surface area is 179 Å². The molecule has 0 fully saturated rings. The number of hydrogen-bond acceptors (Lipinski definition) is 8. The second-order valence-electron chi connectivity index (χ2n) is 7.51. The number of methoxy groups -OCH3 is 1. The smallest absolute Gasteiger partial charge is 0.258 e. The predicted molar refractivity (Wildman–Crippen MR) is 114 cm³/mol. The van der Waals surface area contributed by atoms with E-state index in [1.165, 1.54) is 0 Å². The lowest BCUT2D eigenvalue weighted by Gasteiger charge is -2.24. The van der Waals surface area contributed by atoms with Crippen LogP contribution in [0.15, 0.2) is 53.1 Å². The Morgan fingerprint density at radius 3 is 2.74 bits per heavy atom. The Bertz CT molecular complexity index is 1200. The van der Waals surface area contributed by atoms with Crippen molar-refractivity contribution < 1.29 is 14.0 Å². The van der Waals surface area contributed by atoms with Gasteiger partial charge in [0.1, 0.15) is 11.9 Å². The van der Waals surface area contributed by atoms with Crippen molar-refractivity contribution in [2.45, 2.75) is 19.3 Å². The summed E-state index contributed by atoms with van der Waals surface area (Å²) in [5.74, 6) is 1.65. The van der Waals surface area contributed by atoms with Crippen molar-refractivity contribution in [3.63, 3.8) is 0 Å². The maximum atomic E-state index is 6.08. The second-order valence-corrected chi connectivity index (χ2v) is 7.51. The molecule has 31 heavy (non-hydrogen) atoms. The Morgan fingerprint density at radius 1 is 1.13 bits per heavy atom. The van der Waals surface area contributed by atoms with Crippen LogP contribution in [0.1, 0.15) is 17.4 Å². The average molecular weight is 418 g/mol. The van der Waals surface area contributed by atoms with E-state index in [4.69, 9.17) is 14.0 Å². The minimum absolute atomic E-state index is 0.109. The second kappa shape index (κ2) is 7.84. The van der Waals surface area contributed by atoms with Gasteiger partial charge >= 0.3 is 0 Å². The molecule has 0 N–H and O–H groups in total. The van der Waals surface area contributed by atoms with Gasteiger partial charge in [0.2, 0.25) is 5.82 Å². The van der Waals surface area contributed by atoms with Gasteiger partial charge in [-0.2, -0.15) is 4.98 Å². The highest BCUT2D eigenvalue weighted by Gasteiger charge is 2.27. The van der Waals surface area contributed by atoms with Crippen molar-refractivity contribution in [2.75, 3.05) is 26.1 Å². The monoisotopic (exact) mass is 418 g/mol. The lowest BCUT2D eigenvalue weighted by Crippen LogP contribution is -2.22. The Kier molecular flexibility index (Phi) is 4.87. The fraction of sp³-hybridized carbons (Fsp3) is 0.273. The molecule has 5 rings (SSSR count). The largest absolute Gasteiger partial charge is 0.497 e. The SMILES string of the molecule is COc1ccc(C2Cn3nnc(-c4noc(-c5cccc(N(C)C)c5)n4)c3CO2)cc1. The van der Waals surface area contributed by atoms with Crippen molar-refractivity contribution >= 4 is 5.69 Å². The van der Waals surface area contributed by atoms with Crippen LogP contribution < -0.4 is 9.64 Å². The minimum Gasteiger partial charge on any atom is -0.497 e. The first-order valence-corrected chi connectivity index (χ1v) is 9.92. The van der Waals surface area contributed by atoms with Crippen LogP contribution in [0.3, 0.4) is 0 Å². The van der Waals surface area contributed by atoms with Crippen LogP contribution in [0, 0.1) is 0 Å². The molecule has 2 aromatic heterocycles. The van der Waals surface area contributed by atoms with E-state index in [0.717, 1.165) is 28.3 Å². The zero-order valence-electron chi connectivity index (χ0n) is 17.5. The number of benzene rings is 2. The summed E-state index contributed by atoms with van der Waals surface area (Å²) < 4.78 is 18.7. The molecule has 4 aromatic rings. The molecular weight excluding hydrogens is 396 g/mol. The van der Waals surface area contributed by atoms with Crippen LogP contribution in [0.5, 0.6) is 5.75 Å². The van der Waals surface area contributed by atoms with Crippen molar-refractivity contribution in [1.82, 2.24) is 25.1 Å². The van der Waals surface area contributed by atoms with Crippen LogP contribution in [-0.4, -0.2) is 46.3 Å². The van der Waals surface area contributed by atoms with Crippen LogP contribution in [0.4, 0.5) is 5.69 Å².